The van der Waals surface area contributed by atoms with Gasteiger partial charge in [-0.25, -0.2) is 0 Å². The van der Waals surface area contributed by atoms with Crippen molar-refractivity contribution >= 4 is 54.4 Å². The number of hydrogen-bond donors (Lipinski definition) is 0. The second-order valence-electron chi connectivity index (χ2n) is 8.97. The molecule has 30 heavy (non-hydrogen) atoms. The minimum absolute atomic E-state index is 0.596. The zero-order chi connectivity index (χ0) is 22.3. The van der Waals surface area contributed by atoms with Crippen LogP contribution >= 0.6 is 0 Å². The van der Waals surface area contributed by atoms with Gasteiger partial charge in [0.2, 0.25) is 0 Å². The standard InChI is InChI=1S/C28H23NO/c1-28(2,3)16-17-14-15-29-26-21-10-5-4-8-18(21)20-12-13-22-19-9-6-7-11-23(19)30-27(22)25(20)24(17)26/h4-15H,16H2,1-3H3/i16D2. The van der Waals surface area contributed by atoms with Crippen LogP contribution in [0.4, 0.5) is 0 Å². The highest BCUT2D eigenvalue weighted by Crippen LogP contribution is 2.43. The fraction of sp³-hybridized carbons (Fsp3) is 0.179. The van der Waals surface area contributed by atoms with E-state index in [0.29, 0.717) is 5.56 Å². The Labute approximate surface area is 177 Å². The minimum Gasteiger partial charge on any atom is -0.455 e. The molecule has 0 aliphatic carbocycles. The Hall–Kier alpha value is -3.39. The number of rotatable bonds is 1. The van der Waals surface area contributed by atoms with E-state index >= 15 is 0 Å². The van der Waals surface area contributed by atoms with Crippen LogP contribution in [0.25, 0.3) is 54.4 Å². The van der Waals surface area contributed by atoms with Gasteiger partial charge in [-0.2, -0.15) is 0 Å². The molecular weight excluding hydrogens is 366 g/mol. The van der Waals surface area contributed by atoms with E-state index in [9.17, 15) is 0 Å². The Morgan fingerprint density at radius 3 is 2.27 bits per heavy atom. The van der Waals surface area contributed by atoms with Gasteiger partial charge in [0.1, 0.15) is 11.2 Å². The largest absolute Gasteiger partial charge is 0.455 e. The van der Waals surface area contributed by atoms with Crippen molar-refractivity contribution in [2.75, 3.05) is 0 Å². The highest BCUT2D eigenvalue weighted by molar-refractivity contribution is 6.32. The predicted octanol–water partition coefficient (Wildman–Crippen LogP) is 8.03. The first kappa shape index (κ1) is 15.4. The average Bonchev–Trinajstić information content (AvgIpc) is 3.16. The molecule has 0 aliphatic rings. The maximum absolute atomic E-state index is 9.11. The maximum atomic E-state index is 9.11. The first-order chi connectivity index (χ1) is 15.3. The number of furan rings is 1. The summed E-state index contributed by atoms with van der Waals surface area (Å²) in [5, 5.41) is 7.05. The molecule has 6 rings (SSSR count). The molecule has 0 saturated carbocycles. The molecule has 0 spiro atoms. The van der Waals surface area contributed by atoms with Gasteiger partial charge in [0.25, 0.3) is 0 Å². The van der Waals surface area contributed by atoms with E-state index in [1.54, 1.807) is 6.20 Å². The van der Waals surface area contributed by atoms with Gasteiger partial charge in [0.15, 0.2) is 0 Å². The number of aromatic nitrogens is 1. The van der Waals surface area contributed by atoms with E-state index in [0.717, 1.165) is 54.4 Å². The van der Waals surface area contributed by atoms with Crippen LogP contribution < -0.4 is 0 Å². The summed E-state index contributed by atoms with van der Waals surface area (Å²) in [6.45, 7) is 5.83. The molecule has 2 heteroatoms. The molecule has 2 heterocycles. The molecule has 0 fully saturated rings. The Kier molecular flexibility index (Phi) is 3.12. The van der Waals surface area contributed by atoms with Crippen LogP contribution in [-0.2, 0) is 6.37 Å². The van der Waals surface area contributed by atoms with Gasteiger partial charge in [-0.05, 0) is 46.3 Å². The summed E-state index contributed by atoms with van der Waals surface area (Å²) in [6, 6.07) is 22.4. The lowest BCUT2D eigenvalue weighted by Gasteiger charge is -2.20. The third kappa shape index (κ3) is 2.46. The molecule has 0 amide bonds. The Morgan fingerprint density at radius 2 is 1.47 bits per heavy atom. The lowest BCUT2D eigenvalue weighted by atomic mass is 9.85. The number of pyridine rings is 1. The summed E-state index contributed by atoms with van der Waals surface area (Å²) >= 11 is 0. The van der Waals surface area contributed by atoms with E-state index in [-0.39, 0.29) is 0 Å². The smallest absolute Gasteiger partial charge is 0.143 e. The van der Waals surface area contributed by atoms with Gasteiger partial charge in [0.05, 0.1) is 5.52 Å². The molecule has 2 nitrogen and oxygen atoms in total. The summed E-state index contributed by atoms with van der Waals surface area (Å²) in [5.74, 6) is 0. The molecule has 0 atom stereocenters. The second kappa shape index (κ2) is 6.06. The van der Waals surface area contributed by atoms with Crippen LogP contribution in [0, 0.1) is 5.41 Å². The predicted molar refractivity (Wildman–Crippen MR) is 127 cm³/mol. The molecule has 0 unspecified atom stereocenters. The third-order valence-electron chi connectivity index (χ3n) is 5.73. The number of fused-ring (bicyclic) bond motifs is 10. The summed E-state index contributed by atoms with van der Waals surface area (Å²) in [7, 11) is 0. The molecule has 6 aromatic rings. The lowest BCUT2D eigenvalue weighted by molar-refractivity contribution is 0.412. The van der Waals surface area contributed by atoms with Gasteiger partial charge in [-0.3, -0.25) is 4.98 Å². The average molecular weight is 392 g/mol. The zero-order valence-corrected chi connectivity index (χ0v) is 17.3. The second-order valence-corrected chi connectivity index (χ2v) is 8.97. The fourth-order valence-electron chi connectivity index (χ4n) is 4.61. The van der Waals surface area contributed by atoms with E-state index in [2.05, 4.69) is 30.3 Å². The van der Waals surface area contributed by atoms with Crippen molar-refractivity contribution in [3.8, 4) is 0 Å². The van der Waals surface area contributed by atoms with Crippen molar-refractivity contribution < 1.29 is 7.16 Å². The fourth-order valence-corrected chi connectivity index (χ4v) is 4.61. The molecule has 0 N–H and O–H groups in total. The molecule has 2 aromatic heterocycles. The van der Waals surface area contributed by atoms with Crippen molar-refractivity contribution in [2.24, 2.45) is 5.41 Å². The Morgan fingerprint density at radius 1 is 0.767 bits per heavy atom. The Bertz CT molecular complexity index is 1690. The first-order valence-corrected chi connectivity index (χ1v) is 10.3. The van der Waals surface area contributed by atoms with Crippen molar-refractivity contribution in [2.45, 2.75) is 27.1 Å². The number of hydrogen-bond acceptors (Lipinski definition) is 2. The van der Waals surface area contributed by atoms with E-state index in [4.69, 9.17) is 12.1 Å². The van der Waals surface area contributed by atoms with Gasteiger partial charge >= 0.3 is 0 Å². The van der Waals surface area contributed by atoms with Crippen LogP contribution in [0.1, 0.15) is 29.1 Å². The normalized spacial score (nSPS) is 14.1. The van der Waals surface area contributed by atoms with Crippen molar-refractivity contribution in [3.63, 3.8) is 0 Å². The summed E-state index contributed by atoms with van der Waals surface area (Å²) in [6.07, 6.45) is 0.163. The summed E-state index contributed by atoms with van der Waals surface area (Å²) in [5.41, 5.74) is 2.49. The monoisotopic (exact) mass is 391 g/mol. The highest BCUT2D eigenvalue weighted by Gasteiger charge is 2.20. The van der Waals surface area contributed by atoms with E-state index in [1.165, 1.54) is 0 Å². The van der Waals surface area contributed by atoms with E-state index < -0.39 is 11.8 Å². The number of nitrogens with zero attached hydrogens (tertiary/aromatic N) is 1. The molecule has 4 aromatic carbocycles. The summed E-state index contributed by atoms with van der Waals surface area (Å²) < 4.78 is 24.6. The highest BCUT2D eigenvalue weighted by atomic mass is 16.3. The first-order valence-electron chi connectivity index (χ1n) is 11.3. The van der Waals surface area contributed by atoms with Gasteiger partial charge < -0.3 is 4.42 Å². The quantitative estimate of drug-likeness (QED) is 0.265. The molecular formula is C28H23NO. The minimum atomic E-state index is -1.57. The van der Waals surface area contributed by atoms with Crippen LogP contribution in [0.2, 0.25) is 0 Å². The van der Waals surface area contributed by atoms with Gasteiger partial charge in [-0.15, -0.1) is 0 Å². The molecule has 146 valence electrons. The number of benzene rings is 4. The third-order valence-corrected chi connectivity index (χ3v) is 5.73. The van der Waals surface area contributed by atoms with Crippen molar-refractivity contribution in [3.05, 3.63) is 78.5 Å². The van der Waals surface area contributed by atoms with Gasteiger partial charge in [-0.1, -0.05) is 69.3 Å². The lowest BCUT2D eigenvalue weighted by Crippen LogP contribution is -2.09. The van der Waals surface area contributed by atoms with Crippen LogP contribution in [-0.4, -0.2) is 4.98 Å². The topological polar surface area (TPSA) is 26.0 Å². The number of para-hydroxylation sites is 1. The summed E-state index contributed by atoms with van der Waals surface area (Å²) in [4.78, 5) is 4.77. The van der Waals surface area contributed by atoms with Crippen LogP contribution in [0.5, 0.6) is 0 Å². The maximum Gasteiger partial charge on any atom is 0.143 e. The molecule has 0 aliphatic heterocycles. The Balaban J connectivity index is 1.96. The SMILES string of the molecule is [2H]C([2H])(c1ccnc2c3ccccc3c3ccc4c5ccccc5oc4c3c12)C(C)(C)C. The van der Waals surface area contributed by atoms with Crippen molar-refractivity contribution in [1.82, 2.24) is 4.98 Å². The molecule has 0 bridgehead atoms. The van der Waals surface area contributed by atoms with E-state index in [1.807, 2.05) is 57.2 Å². The zero-order valence-electron chi connectivity index (χ0n) is 19.3. The van der Waals surface area contributed by atoms with Crippen molar-refractivity contribution in [1.29, 1.82) is 0 Å². The molecule has 0 radical (unpaired) electrons. The van der Waals surface area contributed by atoms with Crippen LogP contribution in [0.15, 0.2) is 77.3 Å². The van der Waals surface area contributed by atoms with Gasteiger partial charge in [0, 0.05) is 35.9 Å². The molecule has 0 saturated heterocycles. The van der Waals surface area contributed by atoms with Crippen LogP contribution in [0.3, 0.4) is 0 Å².